The van der Waals surface area contributed by atoms with Gasteiger partial charge in [-0.25, -0.2) is 0 Å². The highest BCUT2D eigenvalue weighted by molar-refractivity contribution is 5.75. The van der Waals surface area contributed by atoms with Crippen LogP contribution in [0.5, 0.6) is 0 Å². The zero-order valence-corrected chi connectivity index (χ0v) is 12.2. The molecule has 0 bridgehead atoms. The number of carbonyl (C=O) groups is 1. The predicted octanol–water partition coefficient (Wildman–Crippen LogP) is 1.46. The number of esters is 1. The Morgan fingerprint density at radius 1 is 1.26 bits per heavy atom. The molecular formula is C14H27NO4. The van der Waals surface area contributed by atoms with Crippen molar-refractivity contribution in [3.63, 3.8) is 0 Å². The van der Waals surface area contributed by atoms with Crippen LogP contribution in [-0.2, 0) is 19.0 Å². The smallest absolute Gasteiger partial charge is 0.323 e. The van der Waals surface area contributed by atoms with Crippen molar-refractivity contribution in [3.8, 4) is 0 Å². The summed E-state index contributed by atoms with van der Waals surface area (Å²) in [5.74, 6) is -0.0819. The van der Waals surface area contributed by atoms with E-state index in [2.05, 4.69) is 4.90 Å². The van der Waals surface area contributed by atoms with Crippen LogP contribution in [-0.4, -0.2) is 63.5 Å². The summed E-state index contributed by atoms with van der Waals surface area (Å²) >= 11 is 0. The molecule has 0 aromatic carbocycles. The van der Waals surface area contributed by atoms with Gasteiger partial charge in [-0.3, -0.25) is 9.69 Å². The topological polar surface area (TPSA) is 48.0 Å². The summed E-state index contributed by atoms with van der Waals surface area (Å²) in [5.41, 5.74) is 0. The zero-order chi connectivity index (χ0) is 13.9. The van der Waals surface area contributed by atoms with E-state index in [1.807, 2.05) is 6.92 Å². The van der Waals surface area contributed by atoms with Crippen LogP contribution in [0.3, 0.4) is 0 Å². The summed E-state index contributed by atoms with van der Waals surface area (Å²) in [5, 5.41) is 0. The van der Waals surface area contributed by atoms with Crippen molar-refractivity contribution in [1.29, 1.82) is 0 Å². The van der Waals surface area contributed by atoms with E-state index in [0.29, 0.717) is 19.8 Å². The molecule has 112 valence electrons. The number of carbonyl (C=O) groups excluding carboxylic acids is 1. The Kier molecular flexibility index (Phi) is 8.79. The minimum atomic E-state index is -0.0819. The minimum Gasteiger partial charge on any atom is -0.465 e. The van der Waals surface area contributed by atoms with Crippen molar-refractivity contribution in [2.45, 2.75) is 38.6 Å². The number of methoxy groups -OCH3 is 1. The van der Waals surface area contributed by atoms with Crippen molar-refractivity contribution in [3.05, 3.63) is 0 Å². The summed E-state index contributed by atoms with van der Waals surface area (Å²) in [4.78, 5) is 14.1. The Hall–Kier alpha value is -0.650. The molecule has 1 rings (SSSR count). The SMILES string of the molecule is CCOC(=O)C1CCCCN1CCOCCCOC. The summed E-state index contributed by atoms with van der Waals surface area (Å²) in [6.07, 6.45) is 4.08. The summed E-state index contributed by atoms with van der Waals surface area (Å²) in [7, 11) is 1.69. The molecule has 0 aromatic heterocycles. The lowest BCUT2D eigenvalue weighted by molar-refractivity contribution is -0.151. The number of rotatable bonds is 9. The highest BCUT2D eigenvalue weighted by atomic mass is 16.5. The van der Waals surface area contributed by atoms with Gasteiger partial charge in [-0.15, -0.1) is 0 Å². The van der Waals surface area contributed by atoms with E-state index in [0.717, 1.165) is 45.4 Å². The third-order valence-electron chi connectivity index (χ3n) is 3.33. The van der Waals surface area contributed by atoms with E-state index in [-0.39, 0.29) is 12.0 Å². The van der Waals surface area contributed by atoms with Gasteiger partial charge in [0.05, 0.1) is 13.2 Å². The van der Waals surface area contributed by atoms with Crippen LogP contribution in [0, 0.1) is 0 Å². The van der Waals surface area contributed by atoms with Gasteiger partial charge in [-0.2, -0.15) is 0 Å². The zero-order valence-electron chi connectivity index (χ0n) is 12.2. The maximum absolute atomic E-state index is 11.9. The standard InChI is InChI=1S/C14H27NO4/c1-3-19-14(16)13-7-4-5-8-15(13)9-12-18-11-6-10-17-2/h13H,3-12H2,1-2H3. The van der Waals surface area contributed by atoms with E-state index >= 15 is 0 Å². The third kappa shape index (κ3) is 6.36. The van der Waals surface area contributed by atoms with Crippen molar-refractivity contribution in [2.24, 2.45) is 0 Å². The lowest BCUT2D eigenvalue weighted by Crippen LogP contribution is -2.46. The second kappa shape index (κ2) is 10.2. The second-order valence-corrected chi connectivity index (χ2v) is 4.76. The van der Waals surface area contributed by atoms with E-state index in [1.165, 1.54) is 0 Å². The monoisotopic (exact) mass is 273 g/mol. The largest absolute Gasteiger partial charge is 0.465 e. The Bertz CT molecular complexity index is 248. The fraction of sp³-hybridized carbons (Fsp3) is 0.929. The van der Waals surface area contributed by atoms with Crippen LogP contribution in [0.15, 0.2) is 0 Å². The van der Waals surface area contributed by atoms with Gasteiger partial charge in [0.1, 0.15) is 6.04 Å². The van der Waals surface area contributed by atoms with Gasteiger partial charge >= 0.3 is 5.97 Å². The van der Waals surface area contributed by atoms with Crippen LogP contribution < -0.4 is 0 Å². The summed E-state index contributed by atoms with van der Waals surface area (Å²) in [6, 6.07) is -0.0729. The molecular weight excluding hydrogens is 246 g/mol. The molecule has 1 saturated heterocycles. The van der Waals surface area contributed by atoms with Gasteiger partial charge in [-0.1, -0.05) is 6.42 Å². The highest BCUT2D eigenvalue weighted by Crippen LogP contribution is 2.17. The lowest BCUT2D eigenvalue weighted by Gasteiger charge is -2.33. The first-order valence-corrected chi connectivity index (χ1v) is 7.27. The van der Waals surface area contributed by atoms with Crippen LogP contribution in [0.1, 0.15) is 32.6 Å². The van der Waals surface area contributed by atoms with E-state index in [1.54, 1.807) is 7.11 Å². The second-order valence-electron chi connectivity index (χ2n) is 4.76. The lowest BCUT2D eigenvalue weighted by atomic mass is 10.0. The summed E-state index contributed by atoms with van der Waals surface area (Å²) < 4.78 is 15.6. The third-order valence-corrected chi connectivity index (χ3v) is 3.33. The molecule has 1 aliphatic rings. The fourth-order valence-electron chi connectivity index (χ4n) is 2.35. The first-order chi connectivity index (χ1) is 9.29. The van der Waals surface area contributed by atoms with Crippen molar-refractivity contribution in [1.82, 2.24) is 4.90 Å². The van der Waals surface area contributed by atoms with Crippen LogP contribution in [0.25, 0.3) is 0 Å². The number of nitrogens with zero attached hydrogens (tertiary/aromatic N) is 1. The van der Waals surface area contributed by atoms with Crippen LogP contribution in [0.2, 0.25) is 0 Å². The van der Waals surface area contributed by atoms with Crippen LogP contribution in [0.4, 0.5) is 0 Å². The van der Waals surface area contributed by atoms with Gasteiger partial charge in [0, 0.05) is 26.9 Å². The van der Waals surface area contributed by atoms with Gasteiger partial charge in [0.25, 0.3) is 0 Å². The quantitative estimate of drug-likeness (QED) is 0.470. The molecule has 1 unspecified atom stereocenters. The van der Waals surface area contributed by atoms with Crippen molar-refractivity contribution >= 4 is 5.97 Å². The minimum absolute atomic E-state index is 0.0729. The van der Waals surface area contributed by atoms with Gasteiger partial charge in [0.2, 0.25) is 0 Å². The molecule has 0 radical (unpaired) electrons. The van der Waals surface area contributed by atoms with Crippen molar-refractivity contribution in [2.75, 3.05) is 46.6 Å². The normalized spacial score (nSPS) is 20.4. The number of hydrogen-bond acceptors (Lipinski definition) is 5. The molecule has 1 atom stereocenters. The molecule has 1 heterocycles. The van der Waals surface area contributed by atoms with Gasteiger partial charge in [-0.05, 0) is 32.7 Å². The maximum atomic E-state index is 11.9. The van der Waals surface area contributed by atoms with Gasteiger partial charge < -0.3 is 14.2 Å². The number of piperidine rings is 1. The van der Waals surface area contributed by atoms with E-state index in [9.17, 15) is 4.79 Å². The summed E-state index contributed by atoms with van der Waals surface area (Å²) in [6.45, 7) is 6.18. The molecule has 0 amide bonds. The Morgan fingerprint density at radius 2 is 2.11 bits per heavy atom. The fourth-order valence-corrected chi connectivity index (χ4v) is 2.35. The number of ether oxygens (including phenoxy) is 3. The first kappa shape index (κ1) is 16.4. The van der Waals surface area contributed by atoms with E-state index in [4.69, 9.17) is 14.2 Å². The molecule has 19 heavy (non-hydrogen) atoms. The molecule has 0 aliphatic carbocycles. The van der Waals surface area contributed by atoms with Gasteiger partial charge in [0.15, 0.2) is 0 Å². The molecule has 1 fully saturated rings. The van der Waals surface area contributed by atoms with Crippen LogP contribution >= 0.6 is 0 Å². The first-order valence-electron chi connectivity index (χ1n) is 7.27. The number of likely N-dealkylation sites (tertiary alicyclic amines) is 1. The average Bonchev–Trinajstić information content (AvgIpc) is 2.43. The molecule has 5 nitrogen and oxygen atoms in total. The molecule has 0 aromatic rings. The maximum Gasteiger partial charge on any atom is 0.323 e. The molecule has 1 aliphatic heterocycles. The Balaban J connectivity index is 2.22. The highest BCUT2D eigenvalue weighted by Gasteiger charge is 2.29. The number of hydrogen-bond donors (Lipinski definition) is 0. The molecule has 0 spiro atoms. The molecule has 5 heteroatoms. The Labute approximate surface area is 116 Å². The van der Waals surface area contributed by atoms with Crippen molar-refractivity contribution < 1.29 is 19.0 Å². The predicted molar refractivity (Wildman–Crippen MR) is 73.2 cm³/mol. The van der Waals surface area contributed by atoms with E-state index < -0.39 is 0 Å². The molecule has 0 saturated carbocycles. The molecule has 0 N–H and O–H groups in total. The Morgan fingerprint density at radius 3 is 2.84 bits per heavy atom. The average molecular weight is 273 g/mol.